The number of H-pyrrole nitrogens is 1. The Morgan fingerprint density at radius 3 is 2.17 bits per heavy atom. The van der Waals surface area contributed by atoms with Crippen molar-refractivity contribution >= 4 is 52.3 Å². The number of aliphatic carboxylic acids is 2. The molecule has 13 nitrogen and oxygen atoms in total. The van der Waals surface area contributed by atoms with Gasteiger partial charge in [0, 0.05) is 23.5 Å². The first-order valence-electron chi connectivity index (χ1n) is 13.4. The summed E-state index contributed by atoms with van der Waals surface area (Å²) in [6.45, 7) is 0.374. The van der Waals surface area contributed by atoms with Crippen LogP contribution in [-0.2, 0) is 30.4 Å². The van der Waals surface area contributed by atoms with Crippen LogP contribution in [-0.4, -0.2) is 87.6 Å². The molecule has 2 rings (SSSR count). The molecule has 0 saturated heterocycles. The van der Waals surface area contributed by atoms with Crippen LogP contribution in [0.4, 0.5) is 0 Å². The molecule has 41 heavy (non-hydrogen) atoms. The lowest BCUT2D eigenvalue weighted by Crippen LogP contribution is -2.57. The van der Waals surface area contributed by atoms with Crippen molar-refractivity contribution in [2.75, 3.05) is 18.6 Å². The summed E-state index contributed by atoms with van der Waals surface area (Å²) in [4.78, 5) is 65.2. The predicted molar refractivity (Wildman–Crippen MR) is 156 cm³/mol. The highest BCUT2D eigenvalue weighted by Gasteiger charge is 2.30. The van der Waals surface area contributed by atoms with Gasteiger partial charge in [0.05, 0.1) is 6.04 Å². The summed E-state index contributed by atoms with van der Waals surface area (Å²) in [7, 11) is 0. The van der Waals surface area contributed by atoms with Gasteiger partial charge in [-0.2, -0.15) is 11.8 Å². The van der Waals surface area contributed by atoms with Gasteiger partial charge in [-0.05, 0) is 68.7 Å². The number of unbranched alkanes of at least 4 members (excludes halogenated alkanes) is 1. The molecule has 0 fully saturated rings. The minimum absolute atomic E-state index is 0.147. The summed E-state index contributed by atoms with van der Waals surface area (Å²) in [6.07, 6.45) is 4.49. The van der Waals surface area contributed by atoms with E-state index >= 15 is 0 Å². The Morgan fingerprint density at radius 2 is 1.54 bits per heavy atom. The number of carbonyl (C=O) groups excluding carboxylic acids is 3. The minimum atomic E-state index is -1.33. The molecule has 0 aliphatic rings. The maximum atomic E-state index is 13.3. The Bertz CT molecular complexity index is 1190. The number of rotatable bonds is 19. The summed E-state index contributed by atoms with van der Waals surface area (Å²) in [5, 5.41) is 27.1. The highest BCUT2D eigenvalue weighted by atomic mass is 32.2. The van der Waals surface area contributed by atoms with Crippen LogP contribution in [0.2, 0.25) is 0 Å². The largest absolute Gasteiger partial charge is 0.481 e. The summed E-state index contributed by atoms with van der Waals surface area (Å²) >= 11 is 1.41. The summed E-state index contributed by atoms with van der Waals surface area (Å²) in [5.74, 6) is -4.07. The Morgan fingerprint density at radius 1 is 0.902 bits per heavy atom. The fourth-order valence-electron chi connectivity index (χ4n) is 4.24. The Labute approximate surface area is 242 Å². The fourth-order valence-corrected chi connectivity index (χ4v) is 4.72. The molecule has 0 saturated carbocycles. The lowest BCUT2D eigenvalue weighted by atomic mass is 10.0. The van der Waals surface area contributed by atoms with Gasteiger partial charge in [0.15, 0.2) is 0 Å². The zero-order valence-electron chi connectivity index (χ0n) is 23.1. The number of nitrogens with one attached hydrogen (secondary N) is 4. The number of benzene rings is 1. The molecule has 10 N–H and O–H groups in total. The molecule has 0 aliphatic heterocycles. The van der Waals surface area contributed by atoms with Gasteiger partial charge in [-0.15, -0.1) is 0 Å². The van der Waals surface area contributed by atoms with Crippen molar-refractivity contribution in [3.8, 4) is 0 Å². The fraction of sp³-hybridized carbons (Fsp3) is 0.519. The molecular weight excluding hydrogens is 552 g/mol. The zero-order valence-corrected chi connectivity index (χ0v) is 23.9. The Hall–Kier alpha value is -3.62. The quantitative estimate of drug-likeness (QED) is 0.104. The van der Waals surface area contributed by atoms with E-state index in [-0.39, 0.29) is 25.7 Å². The van der Waals surface area contributed by atoms with E-state index in [0.29, 0.717) is 25.1 Å². The molecule has 1 heterocycles. The summed E-state index contributed by atoms with van der Waals surface area (Å²) in [6, 6.07) is 2.99. The van der Waals surface area contributed by atoms with Crippen LogP contribution in [0.15, 0.2) is 30.5 Å². The van der Waals surface area contributed by atoms with Gasteiger partial charge < -0.3 is 42.6 Å². The van der Waals surface area contributed by atoms with Crippen molar-refractivity contribution in [1.29, 1.82) is 0 Å². The molecule has 0 radical (unpaired) electrons. The molecule has 2 aromatic rings. The van der Waals surface area contributed by atoms with Crippen molar-refractivity contribution in [2.45, 2.75) is 69.1 Å². The number of aromatic nitrogens is 1. The van der Waals surface area contributed by atoms with Gasteiger partial charge in [0.2, 0.25) is 17.7 Å². The monoisotopic (exact) mass is 592 g/mol. The standard InChI is InChI=1S/C27H40N6O7S/c1-41-13-11-22(27(39)40)33-26(38)21(9-10-23(34)35)32-25(37)20(8-4-5-12-28)31-24(36)18(29)14-16-15-30-19-7-3-2-6-17(16)19/h2-3,6-7,15,18,20-22,30H,4-5,8-14,28-29H2,1H3,(H,31,36)(H,32,37)(H,33,38)(H,34,35)(H,39,40). The number of carboxylic acids is 2. The topological polar surface area (TPSA) is 230 Å². The first-order chi connectivity index (χ1) is 19.6. The number of hydrogen-bond donors (Lipinski definition) is 8. The van der Waals surface area contributed by atoms with Crippen molar-refractivity contribution in [1.82, 2.24) is 20.9 Å². The third-order valence-corrected chi connectivity index (χ3v) is 7.18. The average Bonchev–Trinajstić information content (AvgIpc) is 3.34. The lowest BCUT2D eigenvalue weighted by Gasteiger charge is -2.25. The van der Waals surface area contributed by atoms with Gasteiger partial charge in [-0.3, -0.25) is 19.2 Å². The van der Waals surface area contributed by atoms with Crippen LogP contribution in [0.25, 0.3) is 10.9 Å². The number of nitrogens with two attached hydrogens (primary N) is 2. The number of thioether (sulfide) groups is 1. The number of hydrogen-bond acceptors (Lipinski definition) is 8. The van der Waals surface area contributed by atoms with Crippen LogP contribution in [0.3, 0.4) is 0 Å². The summed E-state index contributed by atoms with van der Waals surface area (Å²) in [5.41, 5.74) is 13.5. The maximum Gasteiger partial charge on any atom is 0.326 e. The van der Waals surface area contributed by atoms with E-state index in [0.717, 1.165) is 16.5 Å². The van der Waals surface area contributed by atoms with Gasteiger partial charge in [-0.1, -0.05) is 18.2 Å². The van der Waals surface area contributed by atoms with E-state index in [1.807, 2.05) is 24.3 Å². The number of amides is 3. The second-order valence-corrected chi connectivity index (χ2v) is 10.7. The molecule has 0 bridgehead atoms. The summed E-state index contributed by atoms with van der Waals surface area (Å²) < 4.78 is 0. The first-order valence-corrected chi connectivity index (χ1v) is 14.8. The third kappa shape index (κ3) is 11.1. The van der Waals surface area contributed by atoms with Crippen LogP contribution < -0.4 is 27.4 Å². The highest BCUT2D eigenvalue weighted by molar-refractivity contribution is 7.98. The number of carboxylic acid groups (broad SMARTS) is 2. The zero-order chi connectivity index (χ0) is 30.4. The van der Waals surface area contributed by atoms with Crippen molar-refractivity contribution in [3.05, 3.63) is 36.0 Å². The molecule has 4 atom stereocenters. The average molecular weight is 593 g/mol. The maximum absolute atomic E-state index is 13.3. The number of fused-ring (bicyclic) bond motifs is 1. The van der Waals surface area contributed by atoms with Gasteiger partial charge in [0.25, 0.3) is 0 Å². The highest BCUT2D eigenvalue weighted by Crippen LogP contribution is 2.19. The molecule has 0 aliphatic carbocycles. The van der Waals surface area contributed by atoms with Crippen LogP contribution >= 0.6 is 11.8 Å². The molecule has 4 unspecified atom stereocenters. The van der Waals surface area contributed by atoms with E-state index in [4.69, 9.17) is 16.6 Å². The minimum Gasteiger partial charge on any atom is -0.481 e. The van der Waals surface area contributed by atoms with Crippen molar-refractivity contribution in [2.24, 2.45) is 11.5 Å². The predicted octanol–water partition coefficient (Wildman–Crippen LogP) is 0.324. The molecule has 0 spiro atoms. The lowest BCUT2D eigenvalue weighted by molar-refractivity contribution is -0.143. The van der Waals surface area contributed by atoms with E-state index in [1.54, 1.807) is 12.5 Å². The second kappa shape index (κ2) is 17.3. The molecule has 1 aromatic heterocycles. The van der Waals surface area contributed by atoms with Crippen LogP contribution in [0.1, 0.15) is 44.1 Å². The van der Waals surface area contributed by atoms with Gasteiger partial charge in [-0.25, -0.2) is 4.79 Å². The van der Waals surface area contributed by atoms with Crippen molar-refractivity contribution < 1.29 is 34.2 Å². The number of aromatic amines is 1. The number of carbonyl (C=O) groups is 5. The SMILES string of the molecule is CSCCC(NC(=O)C(CCC(=O)O)NC(=O)C(CCCCN)NC(=O)C(N)Cc1c[nH]c2ccccc12)C(=O)O. The van der Waals surface area contributed by atoms with Crippen LogP contribution in [0.5, 0.6) is 0 Å². The molecule has 14 heteroatoms. The Balaban J connectivity index is 2.14. The van der Waals surface area contributed by atoms with Crippen molar-refractivity contribution in [3.63, 3.8) is 0 Å². The molecule has 1 aromatic carbocycles. The van der Waals surface area contributed by atoms with E-state index in [1.165, 1.54) is 11.8 Å². The molecular formula is C27H40N6O7S. The second-order valence-electron chi connectivity index (χ2n) is 9.69. The first kappa shape index (κ1) is 33.6. The Kier molecular flexibility index (Phi) is 14.1. The molecule has 3 amide bonds. The third-order valence-electron chi connectivity index (χ3n) is 6.54. The molecule has 226 valence electrons. The smallest absolute Gasteiger partial charge is 0.326 e. The van der Waals surface area contributed by atoms with Gasteiger partial charge >= 0.3 is 11.9 Å². The number of para-hydroxylation sites is 1. The van der Waals surface area contributed by atoms with E-state index in [9.17, 15) is 29.1 Å². The van der Waals surface area contributed by atoms with Crippen LogP contribution in [0, 0.1) is 0 Å². The van der Waals surface area contributed by atoms with E-state index in [2.05, 4.69) is 20.9 Å². The van der Waals surface area contributed by atoms with E-state index < -0.39 is 60.2 Å². The normalized spacial score (nSPS) is 14.0. The van der Waals surface area contributed by atoms with Gasteiger partial charge in [0.1, 0.15) is 18.1 Å².